The molecule has 0 spiro atoms. The molecule has 0 aliphatic carbocycles. The molecule has 0 saturated heterocycles. The molecule has 0 saturated carbocycles. The molecule has 2 aromatic heterocycles. The summed E-state index contributed by atoms with van der Waals surface area (Å²) in [6, 6.07) is 13.4. The Bertz CT molecular complexity index is 1410. The van der Waals surface area contributed by atoms with Crippen LogP contribution in [-0.2, 0) is 0 Å². The summed E-state index contributed by atoms with van der Waals surface area (Å²) in [7, 11) is 0. The van der Waals surface area contributed by atoms with Gasteiger partial charge in [-0.1, -0.05) is 12.1 Å². The highest BCUT2D eigenvalue weighted by atomic mass is 16.4. The van der Waals surface area contributed by atoms with Gasteiger partial charge in [-0.15, -0.1) is 0 Å². The lowest BCUT2D eigenvalue weighted by Gasteiger charge is -2.02. The van der Waals surface area contributed by atoms with Gasteiger partial charge in [-0.3, -0.25) is 0 Å². The van der Waals surface area contributed by atoms with E-state index in [4.69, 9.17) is 8.83 Å². The van der Waals surface area contributed by atoms with Crippen molar-refractivity contribution >= 4 is 22.2 Å². The molecule has 144 valence electrons. The van der Waals surface area contributed by atoms with E-state index < -0.39 is 0 Å². The smallest absolute Gasteiger partial charge is 0.231 e. The fraction of sp³-hybridized carbons (Fsp3) is 0.167. The first-order chi connectivity index (χ1) is 13.9. The lowest BCUT2D eigenvalue weighted by molar-refractivity contribution is 0.474. The predicted octanol–water partition coefficient (Wildman–Crippen LogP) is 6.24. The molecule has 0 aliphatic rings. The van der Waals surface area contributed by atoms with Crippen LogP contribution in [0.25, 0.3) is 45.1 Å². The second kappa shape index (κ2) is 6.21. The first-order valence-corrected chi connectivity index (χ1v) is 9.48. The van der Waals surface area contributed by atoms with Crippen molar-refractivity contribution in [2.45, 2.75) is 27.7 Å². The summed E-state index contributed by atoms with van der Waals surface area (Å²) < 4.78 is 11.9. The number of hydrogen-bond donors (Lipinski definition) is 1. The van der Waals surface area contributed by atoms with E-state index in [1.165, 1.54) is 0 Å². The molecule has 29 heavy (non-hydrogen) atoms. The third-order valence-electron chi connectivity index (χ3n) is 5.12. The summed E-state index contributed by atoms with van der Waals surface area (Å²) >= 11 is 0. The van der Waals surface area contributed by atoms with Crippen molar-refractivity contribution in [1.82, 2.24) is 9.97 Å². The number of phenolic OH excluding ortho intramolecular Hbond substituents is 1. The standard InChI is InChI=1S/C24H20N2O3/c1-12-7-14(3)21-18(9-12)25-23(28-21)16-5-6-17(20(27)11-16)24-26-19-10-13(2)8-15(4)22(19)29-24/h5-11,27H,1-4H3. The Morgan fingerprint density at radius 2 is 1.24 bits per heavy atom. The van der Waals surface area contributed by atoms with Crippen molar-refractivity contribution in [3.8, 4) is 28.7 Å². The molecular weight excluding hydrogens is 364 g/mol. The number of benzene rings is 3. The summed E-state index contributed by atoms with van der Waals surface area (Å²) in [4.78, 5) is 9.15. The van der Waals surface area contributed by atoms with Gasteiger partial charge in [0.15, 0.2) is 11.2 Å². The molecule has 3 aromatic carbocycles. The minimum Gasteiger partial charge on any atom is -0.507 e. The molecule has 5 heteroatoms. The molecule has 0 amide bonds. The Kier molecular flexibility index (Phi) is 3.74. The number of fused-ring (bicyclic) bond motifs is 2. The molecular formula is C24H20N2O3. The third kappa shape index (κ3) is 2.86. The fourth-order valence-electron chi connectivity index (χ4n) is 3.84. The van der Waals surface area contributed by atoms with Crippen LogP contribution in [0.4, 0.5) is 0 Å². The Hall–Kier alpha value is -3.60. The lowest BCUT2D eigenvalue weighted by Crippen LogP contribution is -1.82. The SMILES string of the molecule is Cc1cc(C)c2oc(-c3ccc(-c4nc5cc(C)cc(C)c5o4)c(O)c3)nc2c1. The maximum atomic E-state index is 10.7. The van der Waals surface area contributed by atoms with Gasteiger partial charge in [0, 0.05) is 5.56 Å². The minimum absolute atomic E-state index is 0.0681. The molecule has 2 heterocycles. The zero-order valence-corrected chi connectivity index (χ0v) is 16.7. The number of aromatic nitrogens is 2. The van der Waals surface area contributed by atoms with Crippen molar-refractivity contribution in [3.63, 3.8) is 0 Å². The Morgan fingerprint density at radius 1 is 0.690 bits per heavy atom. The van der Waals surface area contributed by atoms with Crippen LogP contribution in [-0.4, -0.2) is 15.1 Å². The second-order valence-electron chi connectivity index (χ2n) is 7.63. The Labute approximate surface area is 167 Å². The normalized spacial score (nSPS) is 11.6. The number of rotatable bonds is 2. The zero-order chi connectivity index (χ0) is 20.3. The number of oxazole rings is 2. The average Bonchev–Trinajstić information content (AvgIpc) is 3.26. The molecule has 0 bridgehead atoms. The van der Waals surface area contributed by atoms with Crippen molar-refractivity contribution in [2.75, 3.05) is 0 Å². The molecule has 0 unspecified atom stereocenters. The highest BCUT2D eigenvalue weighted by Crippen LogP contribution is 2.36. The summed E-state index contributed by atoms with van der Waals surface area (Å²) in [6.07, 6.45) is 0. The van der Waals surface area contributed by atoms with Crippen LogP contribution in [0.5, 0.6) is 5.75 Å². The Morgan fingerprint density at radius 3 is 1.83 bits per heavy atom. The molecule has 5 aromatic rings. The largest absolute Gasteiger partial charge is 0.507 e. The van der Waals surface area contributed by atoms with Gasteiger partial charge in [-0.05, 0) is 80.3 Å². The van der Waals surface area contributed by atoms with Crippen molar-refractivity contribution in [1.29, 1.82) is 0 Å². The van der Waals surface area contributed by atoms with Gasteiger partial charge in [0.05, 0.1) is 5.56 Å². The van der Waals surface area contributed by atoms with Crippen LogP contribution in [0, 0.1) is 27.7 Å². The van der Waals surface area contributed by atoms with Gasteiger partial charge < -0.3 is 13.9 Å². The first-order valence-electron chi connectivity index (χ1n) is 9.48. The molecule has 0 fully saturated rings. The molecule has 0 aliphatic heterocycles. The van der Waals surface area contributed by atoms with Crippen molar-refractivity contribution < 1.29 is 13.9 Å². The van der Waals surface area contributed by atoms with Crippen LogP contribution in [0.1, 0.15) is 22.3 Å². The van der Waals surface area contributed by atoms with Gasteiger partial charge in [0.25, 0.3) is 0 Å². The van der Waals surface area contributed by atoms with Crippen LogP contribution in [0.2, 0.25) is 0 Å². The first kappa shape index (κ1) is 17.5. The van der Waals surface area contributed by atoms with Gasteiger partial charge in [0.1, 0.15) is 16.8 Å². The third-order valence-corrected chi connectivity index (χ3v) is 5.12. The van der Waals surface area contributed by atoms with E-state index in [2.05, 4.69) is 22.1 Å². The fourth-order valence-corrected chi connectivity index (χ4v) is 3.84. The summed E-state index contributed by atoms with van der Waals surface area (Å²) in [6.45, 7) is 8.05. The van der Waals surface area contributed by atoms with Crippen molar-refractivity contribution in [2.24, 2.45) is 0 Å². The van der Waals surface area contributed by atoms with Gasteiger partial charge in [-0.2, -0.15) is 0 Å². The molecule has 5 nitrogen and oxygen atoms in total. The number of phenols is 1. The summed E-state index contributed by atoms with van der Waals surface area (Å²) in [5.74, 6) is 0.931. The number of nitrogens with zero attached hydrogens (tertiary/aromatic N) is 2. The van der Waals surface area contributed by atoms with Crippen LogP contribution in [0.3, 0.4) is 0 Å². The minimum atomic E-state index is 0.0681. The van der Waals surface area contributed by atoms with E-state index in [0.717, 1.165) is 44.5 Å². The highest BCUT2D eigenvalue weighted by Gasteiger charge is 2.17. The second-order valence-corrected chi connectivity index (χ2v) is 7.63. The number of aromatic hydroxyl groups is 1. The van der Waals surface area contributed by atoms with Gasteiger partial charge >= 0.3 is 0 Å². The van der Waals surface area contributed by atoms with Gasteiger partial charge in [-0.25, -0.2) is 9.97 Å². The van der Waals surface area contributed by atoms with Crippen LogP contribution in [0.15, 0.2) is 51.3 Å². The van der Waals surface area contributed by atoms with E-state index in [0.29, 0.717) is 22.9 Å². The summed E-state index contributed by atoms with van der Waals surface area (Å²) in [5, 5.41) is 10.7. The maximum Gasteiger partial charge on any atom is 0.231 e. The number of hydrogen-bond acceptors (Lipinski definition) is 5. The number of aryl methyl sites for hydroxylation is 4. The highest BCUT2D eigenvalue weighted by molar-refractivity contribution is 5.83. The topological polar surface area (TPSA) is 72.3 Å². The van der Waals surface area contributed by atoms with E-state index in [1.54, 1.807) is 12.1 Å². The Balaban J connectivity index is 1.59. The van der Waals surface area contributed by atoms with E-state index in [-0.39, 0.29) is 5.75 Å². The van der Waals surface area contributed by atoms with E-state index in [1.807, 2.05) is 45.9 Å². The quantitative estimate of drug-likeness (QED) is 0.390. The van der Waals surface area contributed by atoms with E-state index >= 15 is 0 Å². The predicted molar refractivity (Wildman–Crippen MR) is 113 cm³/mol. The lowest BCUT2D eigenvalue weighted by atomic mass is 10.1. The molecule has 0 radical (unpaired) electrons. The van der Waals surface area contributed by atoms with Crippen LogP contribution >= 0.6 is 0 Å². The zero-order valence-electron chi connectivity index (χ0n) is 16.7. The molecule has 1 N–H and O–H groups in total. The summed E-state index contributed by atoms with van der Waals surface area (Å²) in [5.41, 5.74) is 8.64. The monoisotopic (exact) mass is 384 g/mol. The van der Waals surface area contributed by atoms with E-state index in [9.17, 15) is 5.11 Å². The molecule has 5 rings (SSSR count). The average molecular weight is 384 g/mol. The van der Waals surface area contributed by atoms with Crippen molar-refractivity contribution in [3.05, 3.63) is 64.7 Å². The molecule has 0 atom stereocenters. The maximum absolute atomic E-state index is 10.7. The van der Waals surface area contributed by atoms with Gasteiger partial charge in [0.2, 0.25) is 11.8 Å². The van der Waals surface area contributed by atoms with Crippen LogP contribution < -0.4 is 0 Å².